The van der Waals surface area contributed by atoms with Crippen LogP contribution in [0.5, 0.6) is 0 Å². The molecule has 3 aromatic rings. The summed E-state index contributed by atoms with van der Waals surface area (Å²) in [4.78, 5) is 13.1. The van der Waals surface area contributed by atoms with E-state index in [1.807, 2.05) is 37.8 Å². The SMILES string of the molecule is CC.Cn1cc(-c2ccc(Nc3nn(C4(C)CCOC4)c4c3CN(C=O)CC4)c(F)c2)cn1. The lowest BCUT2D eigenvalue weighted by atomic mass is 10.00. The standard InChI is InChI=1S/C22H25FN6O2.C2H6/c1-22(6-8-31-13-22)29-20-5-7-28(14-30)12-17(20)21(26-29)25-19-4-3-15(9-18(19)23)16-10-24-27(2)11-16;1-2/h3-4,9-11,14H,5-8,12-13H2,1-2H3,(H,25,26);1-2H3. The van der Waals surface area contributed by atoms with Crippen LogP contribution in [0.25, 0.3) is 11.1 Å². The van der Waals surface area contributed by atoms with Crippen LogP contribution in [0.2, 0.25) is 0 Å². The maximum atomic E-state index is 15.0. The third kappa shape index (κ3) is 4.37. The summed E-state index contributed by atoms with van der Waals surface area (Å²) in [7, 11) is 1.83. The van der Waals surface area contributed by atoms with Crippen LogP contribution in [0, 0.1) is 5.82 Å². The Balaban J connectivity index is 0.00000126. The molecule has 8 nitrogen and oxygen atoms in total. The van der Waals surface area contributed by atoms with Crippen molar-refractivity contribution in [3.63, 3.8) is 0 Å². The topological polar surface area (TPSA) is 77.2 Å². The van der Waals surface area contributed by atoms with Gasteiger partial charge < -0.3 is 15.0 Å². The Morgan fingerprint density at radius 3 is 2.73 bits per heavy atom. The van der Waals surface area contributed by atoms with E-state index in [0.717, 1.165) is 35.2 Å². The molecule has 0 spiro atoms. The van der Waals surface area contributed by atoms with Crippen LogP contribution >= 0.6 is 0 Å². The van der Waals surface area contributed by atoms with E-state index in [0.29, 0.717) is 44.2 Å². The summed E-state index contributed by atoms with van der Waals surface area (Å²) in [6, 6.07) is 5.06. The lowest BCUT2D eigenvalue weighted by Crippen LogP contribution is -2.36. The highest BCUT2D eigenvalue weighted by Crippen LogP contribution is 2.36. The zero-order valence-electron chi connectivity index (χ0n) is 19.6. The molecule has 4 heterocycles. The van der Waals surface area contributed by atoms with Gasteiger partial charge in [-0.25, -0.2) is 4.39 Å². The Morgan fingerprint density at radius 2 is 2.09 bits per heavy atom. The molecule has 1 unspecified atom stereocenters. The molecule has 1 saturated heterocycles. The van der Waals surface area contributed by atoms with Crippen molar-refractivity contribution in [2.45, 2.75) is 45.7 Å². The number of hydrogen-bond acceptors (Lipinski definition) is 5. The number of amides is 1. The van der Waals surface area contributed by atoms with E-state index in [2.05, 4.69) is 17.3 Å². The second-order valence-corrected chi connectivity index (χ2v) is 8.53. The number of hydrogen-bond donors (Lipinski definition) is 1. The third-order valence-corrected chi connectivity index (χ3v) is 6.21. The van der Waals surface area contributed by atoms with Crippen molar-refractivity contribution >= 4 is 17.9 Å². The Morgan fingerprint density at radius 1 is 1.27 bits per heavy atom. The number of rotatable bonds is 5. The summed E-state index contributed by atoms with van der Waals surface area (Å²) < 4.78 is 24.3. The summed E-state index contributed by atoms with van der Waals surface area (Å²) in [6.45, 7) is 8.51. The molecule has 1 atom stereocenters. The Labute approximate surface area is 193 Å². The average Bonchev–Trinajstić information content (AvgIpc) is 3.56. The number of ether oxygens (including phenoxy) is 1. The predicted molar refractivity (Wildman–Crippen MR) is 125 cm³/mol. The van der Waals surface area contributed by atoms with Crippen LogP contribution in [-0.4, -0.2) is 50.6 Å². The minimum Gasteiger partial charge on any atom is -0.379 e. The fraction of sp³-hybridized carbons (Fsp3) is 0.458. The highest BCUT2D eigenvalue weighted by molar-refractivity contribution is 5.68. The van der Waals surface area contributed by atoms with Crippen molar-refractivity contribution in [3.8, 4) is 11.1 Å². The number of aryl methyl sites for hydroxylation is 1. The molecule has 1 aromatic carbocycles. The van der Waals surface area contributed by atoms with Crippen molar-refractivity contribution < 1.29 is 13.9 Å². The molecule has 0 saturated carbocycles. The van der Waals surface area contributed by atoms with Gasteiger partial charge in [0.25, 0.3) is 0 Å². The van der Waals surface area contributed by atoms with E-state index in [1.165, 1.54) is 6.07 Å². The molecule has 176 valence electrons. The zero-order valence-corrected chi connectivity index (χ0v) is 19.6. The highest BCUT2D eigenvalue weighted by Gasteiger charge is 2.37. The summed E-state index contributed by atoms with van der Waals surface area (Å²) in [6.07, 6.45) is 5.98. The minimum absolute atomic E-state index is 0.240. The van der Waals surface area contributed by atoms with Crippen molar-refractivity contribution in [1.29, 1.82) is 0 Å². The third-order valence-electron chi connectivity index (χ3n) is 6.21. The Kier molecular flexibility index (Phi) is 6.51. The van der Waals surface area contributed by atoms with Gasteiger partial charge in [-0.1, -0.05) is 19.9 Å². The van der Waals surface area contributed by atoms with Crippen molar-refractivity contribution in [2.75, 3.05) is 25.1 Å². The number of nitrogens with one attached hydrogen (secondary N) is 1. The smallest absolute Gasteiger partial charge is 0.210 e. The van der Waals surface area contributed by atoms with E-state index in [9.17, 15) is 9.18 Å². The number of fused-ring (bicyclic) bond motifs is 1. The summed E-state index contributed by atoms with van der Waals surface area (Å²) in [5.74, 6) is 0.214. The first kappa shape index (κ1) is 23.0. The fourth-order valence-corrected chi connectivity index (χ4v) is 4.39. The predicted octanol–water partition coefficient (Wildman–Crippen LogP) is 3.84. The minimum atomic E-state index is -0.372. The summed E-state index contributed by atoms with van der Waals surface area (Å²) in [5, 5.41) is 12.2. The van der Waals surface area contributed by atoms with Crippen LogP contribution in [0.15, 0.2) is 30.6 Å². The van der Waals surface area contributed by atoms with Gasteiger partial charge in [0.05, 0.1) is 30.6 Å². The number of carbonyl (C=O) groups excluding carboxylic acids is 1. The maximum Gasteiger partial charge on any atom is 0.210 e. The molecule has 2 aliphatic rings. The Hall–Kier alpha value is -3.20. The number of benzene rings is 1. The fourth-order valence-electron chi connectivity index (χ4n) is 4.39. The second kappa shape index (κ2) is 9.35. The summed E-state index contributed by atoms with van der Waals surface area (Å²) >= 11 is 0. The Bertz CT molecular complexity index is 1130. The first-order chi connectivity index (χ1) is 16.0. The normalized spacial score (nSPS) is 19.6. The molecule has 1 amide bonds. The monoisotopic (exact) mass is 454 g/mol. The van der Waals surface area contributed by atoms with Crippen molar-refractivity contribution in [3.05, 3.63) is 47.7 Å². The first-order valence-electron chi connectivity index (χ1n) is 11.4. The molecule has 33 heavy (non-hydrogen) atoms. The van der Waals surface area contributed by atoms with Gasteiger partial charge in [-0.05, 0) is 31.0 Å². The number of nitrogens with zero attached hydrogens (tertiary/aromatic N) is 5. The van der Waals surface area contributed by atoms with Gasteiger partial charge in [0.2, 0.25) is 6.41 Å². The molecule has 5 rings (SSSR count). The van der Waals surface area contributed by atoms with Gasteiger partial charge in [-0.3, -0.25) is 14.2 Å². The molecular weight excluding hydrogens is 423 g/mol. The molecule has 1 N–H and O–H groups in total. The molecule has 0 bridgehead atoms. The van der Waals surface area contributed by atoms with Gasteiger partial charge in [0, 0.05) is 49.6 Å². The van der Waals surface area contributed by atoms with E-state index < -0.39 is 0 Å². The van der Waals surface area contributed by atoms with Gasteiger partial charge in [0.15, 0.2) is 5.82 Å². The largest absolute Gasteiger partial charge is 0.379 e. The van der Waals surface area contributed by atoms with E-state index in [-0.39, 0.29) is 11.4 Å². The molecular formula is C24H31FN6O2. The molecule has 0 radical (unpaired) electrons. The average molecular weight is 455 g/mol. The van der Waals surface area contributed by atoms with Gasteiger partial charge >= 0.3 is 0 Å². The van der Waals surface area contributed by atoms with Crippen LogP contribution in [0.1, 0.15) is 38.4 Å². The lowest BCUT2D eigenvalue weighted by molar-refractivity contribution is -0.118. The second-order valence-electron chi connectivity index (χ2n) is 8.53. The van der Waals surface area contributed by atoms with Gasteiger partial charge in [-0.2, -0.15) is 10.2 Å². The zero-order chi connectivity index (χ0) is 23.6. The van der Waals surface area contributed by atoms with Crippen molar-refractivity contribution in [1.82, 2.24) is 24.5 Å². The van der Waals surface area contributed by atoms with Gasteiger partial charge in [-0.15, -0.1) is 0 Å². The molecule has 2 aromatic heterocycles. The molecule has 1 fully saturated rings. The van der Waals surface area contributed by atoms with Crippen LogP contribution < -0.4 is 5.32 Å². The van der Waals surface area contributed by atoms with Gasteiger partial charge in [0.1, 0.15) is 5.82 Å². The number of aromatic nitrogens is 4. The van der Waals surface area contributed by atoms with E-state index in [4.69, 9.17) is 9.84 Å². The number of anilines is 2. The van der Waals surface area contributed by atoms with Crippen LogP contribution in [-0.2, 0) is 35.1 Å². The summed E-state index contributed by atoms with van der Waals surface area (Å²) in [5.41, 5.74) is 3.73. The number of carbonyl (C=O) groups is 1. The van der Waals surface area contributed by atoms with Crippen molar-refractivity contribution in [2.24, 2.45) is 7.05 Å². The lowest BCUT2D eigenvalue weighted by Gasteiger charge is -2.29. The van der Waals surface area contributed by atoms with E-state index in [1.54, 1.807) is 21.8 Å². The first-order valence-corrected chi connectivity index (χ1v) is 11.4. The molecule has 9 heteroatoms. The van der Waals surface area contributed by atoms with Crippen LogP contribution in [0.4, 0.5) is 15.9 Å². The van der Waals surface area contributed by atoms with Crippen LogP contribution in [0.3, 0.4) is 0 Å². The maximum absolute atomic E-state index is 15.0. The number of halogens is 1. The molecule has 0 aliphatic carbocycles. The quantitative estimate of drug-likeness (QED) is 0.593. The van der Waals surface area contributed by atoms with E-state index >= 15 is 0 Å². The highest BCUT2D eigenvalue weighted by atomic mass is 19.1. The molecule has 2 aliphatic heterocycles.